The van der Waals surface area contributed by atoms with Crippen LogP contribution in [0.15, 0.2) is 6.33 Å². The Balaban J connectivity index is 2.13. The third-order valence-electron chi connectivity index (χ3n) is 2.79. The molecule has 1 aliphatic rings. The van der Waals surface area contributed by atoms with E-state index in [-0.39, 0.29) is 11.4 Å². The summed E-state index contributed by atoms with van der Waals surface area (Å²) < 4.78 is 7.50. The highest BCUT2D eigenvalue weighted by Crippen LogP contribution is 2.24. The van der Waals surface area contributed by atoms with Crippen LogP contribution in [0.2, 0.25) is 5.28 Å². The van der Waals surface area contributed by atoms with E-state index in [1.54, 1.807) is 6.33 Å². The summed E-state index contributed by atoms with van der Waals surface area (Å²) in [6, 6.07) is 0. The van der Waals surface area contributed by atoms with Crippen LogP contribution in [0.4, 0.5) is 0 Å². The van der Waals surface area contributed by atoms with E-state index in [0.717, 1.165) is 29.9 Å². The third kappa shape index (κ3) is 1.88. The molecule has 1 unspecified atom stereocenters. The molecule has 0 amide bonds. The average Bonchev–Trinajstić information content (AvgIpc) is 2.72. The van der Waals surface area contributed by atoms with Crippen molar-refractivity contribution < 1.29 is 4.74 Å². The first-order valence-corrected chi connectivity index (χ1v) is 5.80. The Kier molecular flexibility index (Phi) is 2.70. The minimum absolute atomic E-state index is 0.110. The van der Waals surface area contributed by atoms with Crippen LogP contribution in [0.25, 0.3) is 11.2 Å². The van der Waals surface area contributed by atoms with Crippen LogP contribution in [0.1, 0.15) is 11.8 Å². The largest absolute Gasteiger partial charge is 0.369 e. The molecule has 0 spiro atoms. The normalized spacial score (nSPS) is 20.9. The number of nitrogens with zero attached hydrogens (tertiary/aromatic N) is 4. The summed E-state index contributed by atoms with van der Waals surface area (Å²) in [5, 5.41) is 3.49. The highest BCUT2D eigenvalue weighted by Gasteiger charge is 2.22. The van der Waals surface area contributed by atoms with Crippen molar-refractivity contribution in [2.45, 2.75) is 6.10 Å². The first-order valence-electron chi connectivity index (χ1n) is 5.42. The highest BCUT2D eigenvalue weighted by molar-refractivity contribution is 6.28. The lowest BCUT2D eigenvalue weighted by Crippen LogP contribution is -2.34. The SMILES string of the molecule is Cn1cnc2c(C3CNCCO3)nc(Cl)nc21. The van der Waals surface area contributed by atoms with Gasteiger partial charge in [-0.3, -0.25) is 0 Å². The van der Waals surface area contributed by atoms with Crippen LogP contribution in [-0.4, -0.2) is 39.2 Å². The monoisotopic (exact) mass is 253 g/mol. The van der Waals surface area contributed by atoms with Gasteiger partial charge in [0.05, 0.1) is 12.9 Å². The second kappa shape index (κ2) is 4.21. The van der Waals surface area contributed by atoms with Gasteiger partial charge in [-0.15, -0.1) is 0 Å². The van der Waals surface area contributed by atoms with Crippen molar-refractivity contribution in [2.75, 3.05) is 19.7 Å². The minimum Gasteiger partial charge on any atom is -0.369 e. The molecule has 1 atom stereocenters. The van der Waals surface area contributed by atoms with Crippen LogP contribution in [0.3, 0.4) is 0 Å². The number of aryl methyl sites for hydroxylation is 1. The maximum absolute atomic E-state index is 5.93. The fourth-order valence-corrected chi connectivity index (χ4v) is 2.14. The van der Waals surface area contributed by atoms with Gasteiger partial charge in [-0.1, -0.05) is 0 Å². The molecular formula is C10H12ClN5O. The van der Waals surface area contributed by atoms with Gasteiger partial charge in [0, 0.05) is 20.1 Å². The maximum atomic E-state index is 5.93. The fraction of sp³-hybridized carbons (Fsp3) is 0.500. The molecule has 6 nitrogen and oxygen atoms in total. The Hall–Kier alpha value is -1.24. The second-order valence-electron chi connectivity index (χ2n) is 3.97. The predicted molar refractivity (Wildman–Crippen MR) is 62.9 cm³/mol. The molecule has 0 aromatic carbocycles. The molecule has 0 radical (unpaired) electrons. The van der Waals surface area contributed by atoms with E-state index in [1.165, 1.54) is 0 Å². The summed E-state index contributed by atoms with van der Waals surface area (Å²) in [5.74, 6) is 0. The number of nitrogens with one attached hydrogen (secondary N) is 1. The van der Waals surface area contributed by atoms with Crippen molar-refractivity contribution in [2.24, 2.45) is 7.05 Å². The molecule has 2 aromatic rings. The van der Waals surface area contributed by atoms with Crippen molar-refractivity contribution in [1.29, 1.82) is 0 Å². The summed E-state index contributed by atoms with van der Waals surface area (Å²) in [5.41, 5.74) is 2.24. The number of morpholine rings is 1. The van der Waals surface area contributed by atoms with Crippen molar-refractivity contribution in [3.8, 4) is 0 Å². The van der Waals surface area contributed by atoms with Gasteiger partial charge in [0.1, 0.15) is 17.3 Å². The smallest absolute Gasteiger partial charge is 0.224 e. The molecular weight excluding hydrogens is 242 g/mol. The van der Waals surface area contributed by atoms with Gasteiger partial charge in [0.2, 0.25) is 5.28 Å². The van der Waals surface area contributed by atoms with Crippen LogP contribution in [-0.2, 0) is 11.8 Å². The number of imidazole rings is 1. The zero-order valence-corrected chi connectivity index (χ0v) is 10.1. The van der Waals surface area contributed by atoms with E-state index in [4.69, 9.17) is 16.3 Å². The number of aromatic nitrogens is 4. The summed E-state index contributed by atoms with van der Waals surface area (Å²) in [7, 11) is 1.88. The Morgan fingerprint density at radius 3 is 3.18 bits per heavy atom. The fourth-order valence-electron chi connectivity index (χ4n) is 1.97. The van der Waals surface area contributed by atoms with E-state index in [1.807, 2.05) is 11.6 Å². The van der Waals surface area contributed by atoms with E-state index < -0.39 is 0 Å². The second-order valence-corrected chi connectivity index (χ2v) is 4.31. The summed E-state index contributed by atoms with van der Waals surface area (Å²) in [6.45, 7) is 2.25. The van der Waals surface area contributed by atoms with Gasteiger partial charge < -0.3 is 14.6 Å². The van der Waals surface area contributed by atoms with Crippen molar-refractivity contribution in [3.63, 3.8) is 0 Å². The topological polar surface area (TPSA) is 64.9 Å². The van der Waals surface area contributed by atoms with Crippen molar-refractivity contribution in [1.82, 2.24) is 24.8 Å². The molecule has 90 valence electrons. The standard InChI is InChI=1S/C10H12ClN5O/c1-16-5-13-8-7(6-4-12-2-3-17-6)14-10(11)15-9(8)16/h5-6,12H,2-4H2,1H3. The maximum Gasteiger partial charge on any atom is 0.224 e. The molecule has 2 aromatic heterocycles. The van der Waals surface area contributed by atoms with Gasteiger partial charge in [-0.25, -0.2) is 9.97 Å². The molecule has 1 saturated heterocycles. The van der Waals surface area contributed by atoms with Crippen LogP contribution >= 0.6 is 11.6 Å². The number of rotatable bonds is 1. The van der Waals surface area contributed by atoms with Crippen LogP contribution < -0.4 is 5.32 Å². The zero-order chi connectivity index (χ0) is 11.8. The van der Waals surface area contributed by atoms with Gasteiger partial charge in [-0.2, -0.15) is 4.98 Å². The molecule has 0 saturated carbocycles. The first-order chi connectivity index (χ1) is 8.25. The highest BCUT2D eigenvalue weighted by atomic mass is 35.5. The minimum atomic E-state index is -0.110. The van der Waals surface area contributed by atoms with Crippen molar-refractivity contribution >= 4 is 22.8 Å². The van der Waals surface area contributed by atoms with E-state index in [2.05, 4.69) is 20.3 Å². The lowest BCUT2D eigenvalue weighted by atomic mass is 10.2. The van der Waals surface area contributed by atoms with Crippen molar-refractivity contribution in [3.05, 3.63) is 17.3 Å². The van der Waals surface area contributed by atoms with E-state index >= 15 is 0 Å². The molecule has 1 fully saturated rings. The van der Waals surface area contributed by atoms with Gasteiger partial charge in [-0.05, 0) is 11.6 Å². The lowest BCUT2D eigenvalue weighted by molar-refractivity contribution is 0.0259. The molecule has 7 heteroatoms. The third-order valence-corrected chi connectivity index (χ3v) is 2.96. The van der Waals surface area contributed by atoms with Gasteiger partial charge in [0.25, 0.3) is 0 Å². The number of hydrogen-bond donors (Lipinski definition) is 1. The van der Waals surface area contributed by atoms with Gasteiger partial charge in [0.15, 0.2) is 5.65 Å². The summed E-state index contributed by atoms with van der Waals surface area (Å²) in [6.07, 6.45) is 1.59. The molecule has 1 aliphatic heterocycles. The number of fused-ring (bicyclic) bond motifs is 1. The molecule has 0 aliphatic carbocycles. The van der Waals surface area contributed by atoms with Gasteiger partial charge >= 0.3 is 0 Å². The summed E-state index contributed by atoms with van der Waals surface area (Å²) in [4.78, 5) is 12.7. The number of hydrogen-bond acceptors (Lipinski definition) is 5. The number of ether oxygens (including phenoxy) is 1. The van der Waals surface area contributed by atoms with Crippen LogP contribution in [0.5, 0.6) is 0 Å². The predicted octanol–water partition coefficient (Wildman–Crippen LogP) is 0.678. The first kappa shape index (κ1) is 10.9. The van der Waals surface area contributed by atoms with Crippen LogP contribution in [0, 0.1) is 0 Å². The zero-order valence-electron chi connectivity index (χ0n) is 9.35. The Morgan fingerprint density at radius 1 is 1.53 bits per heavy atom. The Labute approximate surface area is 103 Å². The molecule has 1 N–H and O–H groups in total. The Morgan fingerprint density at radius 2 is 2.41 bits per heavy atom. The Bertz CT molecular complexity index is 549. The number of halogens is 1. The lowest BCUT2D eigenvalue weighted by Gasteiger charge is -2.23. The quantitative estimate of drug-likeness (QED) is 0.757. The molecule has 17 heavy (non-hydrogen) atoms. The average molecular weight is 254 g/mol. The molecule has 0 bridgehead atoms. The van der Waals surface area contributed by atoms with E-state index in [0.29, 0.717) is 6.61 Å². The molecule has 3 rings (SSSR count). The molecule has 3 heterocycles. The van der Waals surface area contributed by atoms with E-state index in [9.17, 15) is 0 Å². The summed E-state index contributed by atoms with van der Waals surface area (Å²) >= 11 is 5.93.